The molecule has 2 aromatic carbocycles. The van der Waals surface area contributed by atoms with Gasteiger partial charge in [-0.2, -0.15) is 0 Å². The van der Waals surface area contributed by atoms with E-state index in [9.17, 15) is 9.90 Å². The summed E-state index contributed by atoms with van der Waals surface area (Å²) in [5, 5.41) is 10.5. The number of halogens is 1. The number of hydrogen-bond donors (Lipinski definition) is 1. The number of hydrogen-bond acceptors (Lipinski definition) is 3. The number of likely N-dealkylation sites (N-methyl/N-ethyl adjacent to an activating group) is 1. The first-order chi connectivity index (χ1) is 11.0. The van der Waals surface area contributed by atoms with E-state index in [2.05, 4.69) is 15.9 Å². The molecule has 1 N–H and O–H groups in total. The van der Waals surface area contributed by atoms with Gasteiger partial charge in [-0.1, -0.05) is 30.3 Å². The van der Waals surface area contributed by atoms with E-state index < -0.39 is 6.10 Å². The molecule has 122 valence electrons. The molecule has 23 heavy (non-hydrogen) atoms. The molecule has 0 heterocycles. The van der Waals surface area contributed by atoms with Crippen LogP contribution in [-0.2, 0) is 0 Å². The van der Waals surface area contributed by atoms with Crippen molar-refractivity contribution in [3.05, 3.63) is 64.1 Å². The maximum atomic E-state index is 12.6. The maximum Gasteiger partial charge on any atom is 0.253 e. The first kappa shape index (κ1) is 17.5. The molecule has 0 fully saturated rings. The Hall–Kier alpha value is -1.85. The summed E-state index contributed by atoms with van der Waals surface area (Å²) in [4.78, 5) is 14.2. The summed E-state index contributed by atoms with van der Waals surface area (Å²) in [5.74, 6) is 0.511. The lowest BCUT2D eigenvalue weighted by molar-refractivity contribution is 0.0487. The summed E-state index contributed by atoms with van der Waals surface area (Å²) in [5.41, 5.74) is 1.32. The molecule has 2 atom stereocenters. The molecular weight excluding hydrogens is 358 g/mol. The minimum Gasteiger partial charge on any atom is -0.496 e. The zero-order valence-electron chi connectivity index (χ0n) is 13.4. The average molecular weight is 378 g/mol. The van der Waals surface area contributed by atoms with Crippen molar-refractivity contribution in [2.45, 2.75) is 19.1 Å². The van der Waals surface area contributed by atoms with Gasteiger partial charge >= 0.3 is 0 Å². The summed E-state index contributed by atoms with van der Waals surface area (Å²) in [7, 11) is 3.27. The van der Waals surface area contributed by atoms with Gasteiger partial charge in [-0.05, 0) is 46.6 Å². The van der Waals surface area contributed by atoms with Gasteiger partial charge in [0.2, 0.25) is 0 Å². The van der Waals surface area contributed by atoms with E-state index in [0.717, 1.165) is 10.0 Å². The fraction of sp³-hybridized carbons (Fsp3) is 0.278. The van der Waals surface area contributed by atoms with Crippen molar-refractivity contribution in [1.29, 1.82) is 0 Å². The number of rotatable bonds is 5. The molecule has 1 amide bonds. The first-order valence-corrected chi connectivity index (χ1v) is 8.08. The summed E-state index contributed by atoms with van der Waals surface area (Å²) < 4.78 is 5.89. The van der Waals surface area contributed by atoms with Crippen LogP contribution < -0.4 is 4.74 Å². The Bertz CT molecular complexity index is 675. The molecule has 4 nitrogen and oxygen atoms in total. The number of ether oxygens (including phenoxy) is 1. The molecule has 5 heteroatoms. The zero-order chi connectivity index (χ0) is 17.0. The Balaban J connectivity index is 2.17. The van der Waals surface area contributed by atoms with Crippen LogP contribution in [-0.4, -0.2) is 36.1 Å². The Morgan fingerprint density at radius 2 is 1.87 bits per heavy atom. The minimum atomic E-state index is -0.744. The summed E-state index contributed by atoms with van der Waals surface area (Å²) in [6, 6.07) is 14.1. The van der Waals surface area contributed by atoms with Crippen LogP contribution in [0, 0.1) is 0 Å². The third-order valence-electron chi connectivity index (χ3n) is 3.93. The highest BCUT2D eigenvalue weighted by molar-refractivity contribution is 9.10. The fourth-order valence-electron chi connectivity index (χ4n) is 2.33. The molecule has 0 saturated heterocycles. The van der Waals surface area contributed by atoms with Gasteiger partial charge in [0.05, 0.1) is 23.7 Å². The van der Waals surface area contributed by atoms with Crippen LogP contribution in [0.3, 0.4) is 0 Å². The van der Waals surface area contributed by atoms with Crippen molar-refractivity contribution in [3.8, 4) is 5.75 Å². The van der Waals surface area contributed by atoms with Crippen molar-refractivity contribution in [1.82, 2.24) is 4.90 Å². The molecule has 0 radical (unpaired) electrons. The molecule has 0 aliphatic carbocycles. The van der Waals surface area contributed by atoms with Crippen LogP contribution in [0.25, 0.3) is 0 Å². The number of aliphatic hydroxyl groups excluding tert-OH is 1. The standard InChI is InChI=1S/C18H20BrNO3/c1-12(17(21)13-7-5-4-6-8-13)20(2)18(22)14-9-10-16(23-3)15(19)11-14/h4-12,17,21H,1-3H3. The second-order valence-corrected chi connectivity index (χ2v) is 6.22. The Kier molecular flexibility index (Phi) is 5.80. The number of methoxy groups -OCH3 is 1. The average Bonchev–Trinajstić information content (AvgIpc) is 2.59. The summed E-state index contributed by atoms with van der Waals surface area (Å²) in [6.45, 7) is 1.83. The molecule has 0 spiro atoms. The molecule has 2 rings (SSSR count). The predicted molar refractivity (Wildman–Crippen MR) is 93.7 cm³/mol. The van der Waals surface area contributed by atoms with E-state index in [-0.39, 0.29) is 11.9 Å². The number of carbonyl (C=O) groups is 1. The SMILES string of the molecule is COc1ccc(C(=O)N(C)C(C)C(O)c2ccccc2)cc1Br. The third kappa shape index (κ3) is 3.92. The molecule has 2 unspecified atom stereocenters. The van der Waals surface area contributed by atoms with Gasteiger partial charge in [-0.25, -0.2) is 0 Å². The second kappa shape index (κ2) is 7.62. The molecule has 0 aromatic heterocycles. The highest BCUT2D eigenvalue weighted by Crippen LogP contribution is 2.27. The van der Waals surface area contributed by atoms with Crippen molar-refractivity contribution in [3.63, 3.8) is 0 Å². The molecule has 0 aliphatic heterocycles. The topological polar surface area (TPSA) is 49.8 Å². The van der Waals surface area contributed by atoms with Crippen LogP contribution in [0.2, 0.25) is 0 Å². The second-order valence-electron chi connectivity index (χ2n) is 5.36. The van der Waals surface area contributed by atoms with E-state index in [1.165, 1.54) is 0 Å². The Morgan fingerprint density at radius 3 is 2.43 bits per heavy atom. The number of benzene rings is 2. The van der Waals surface area contributed by atoms with Gasteiger partial charge in [0.15, 0.2) is 0 Å². The predicted octanol–water partition coefficient (Wildman–Crippen LogP) is 3.65. The first-order valence-electron chi connectivity index (χ1n) is 7.29. The fourth-order valence-corrected chi connectivity index (χ4v) is 2.87. The summed E-state index contributed by atoms with van der Waals surface area (Å²) in [6.07, 6.45) is -0.744. The minimum absolute atomic E-state index is 0.157. The van der Waals surface area contributed by atoms with Gasteiger partial charge in [-0.3, -0.25) is 4.79 Å². The highest BCUT2D eigenvalue weighted by atomic mass is 79.9. The van der Waals surface area contributed by atoms with Gasteiger partial charge in [0.25, 0.3) is 5.91 Å². The lowest BCUT2D eigenvalue weighted by Crippen LogP contribution is -2.39. The molecular formula is C18H20BrNO3. The van der Waals surface area contributed by atoms with Crippen molar-refractivity contribution < 1.29 is 14.6 Å². The van der Waals surface area contributed by atoms with E-state index in [4.69, 9.17) is 4.74 Å². The van der Waals surface area contributed by atoms with Crippen LogP contribution in [0.4, 0.5) is 0 Å². The van der Waals surface area contributed by atoms with E-state index >= 15 is 0 Å². The van der Waals surface area contributed by atoms with Gasteiger partial charge in [0, 0.05) is 12.6 Å². The molecule has 0 bridgehead atoms. The number of nitrogens with zero attached hydrogens (tertiary/aromatic N) is 1. The van der Waals surface area contributed by atoms with Crippen LogP contribution in [0.5, 0.6) is 5.75 Å². The monoisotopic (exact) mass is 377 g/mol. The van der Waals surface area contributed by atoms with Gasteiger partial charge < -0.3 is 14.7 Å². The lowest BCUT2D eigenvalue weighted by Gasteiger charge is -2.29. The van der Waals surface area contributed by atoms with E-state index in [1.807, 2.05) is 37.3 Å². The highest BCUT2D eigenvalue weighted by Gasteiger charge is 2.25. The Morgan fingerprint density at radius 1 is 1.22 bits per heavy atom. The maximum absolute atomic E-state index is 12.6. The van der Waals surface area contributed by atoms with E-state index in [0.29, 0.717) is 11.3 Å². The normalized spacial score (nSPS) is 13.3. The van der Waals surface area contributed by atoms with Crippen LogP contribution >= 0.6 is 15.9 Å². The number of carbonyl (C=O) groups excluding carboxylic acids is 1. The van der Waals surface area contributed by atoms with Crippen molar-refractivity contribution >= 4 is 21.8 Å². The number of aliphatic hydroxyl groups is 1. The quantitative estimate of drug-likeness (QED) is 0.864. The van der Waals surface area contributed by atoms with Crippen molar-refractivity contribution in [2.75, 3.05) is 14.2 Å². The largest absolute Gasteiger partial charge is 0.496 e. The number of amides is 1. The smallest absolute Gasteiger partial charge is 0.253 e. The van der Waals surface area contributed by atoms with Crippen LogP contribution in [0.1, 0.15) is 28.9 Å². The van der Waals surface area contributed by atoms with Gasteiger partial charge in [0.1, 0.15) is 5.75 Å². The van der Waals surface area contributed by atoms with Crippen LogP contribution in [0.15, 0.2) is 53.0 Å². The molecule has 0 saturated carbocycles. The molecule has 0 aliphatic rings. The lowest BCUT2D eigenvalue weighted by atomic mass is 10.0. The zero-order valence-corrected chi connectivity index (χ0v) is 14.9. The third-order valence-corrected chi connectivity index (χ3v) is 4.55. The van der Waals surface area contributed by atoms with E-state index in [1.54, 1.807) is 37.3 Å². The summed E-state index contributed by atoms with van der Waals surface area (Å²) >= 11 is 3.38. The van der Waals surface area contributed by atoms with Crippen molar-refractivity contribution in [2.24, 2.45) is 0 Å². The van der Waals surface area contributed by atoms with Gasteiger partial charge in [-0.15, -0.1) is 0 Å². The Labute approximate surface area is 144 Å². The molecule has 2 aromatic rings.